The smallest absolute Gasteiger partial charge is 0.318 e. The predicted octanol–water partition coefficient (Wildman–Crippen LogP) is 3.41. The van der Waals surface area contributed by atoms with Crippen LogP contribution in [0.3, 0.4) is 0 Å². The van der Waals surface area contributed by atoms with Gasteiger partial charge in [0.1, 0.15) is 12.4 Å². The SMILES string of the molecule is CC(C)N(CC(=O)Nc1cc(C(C)(C)C)nn1C)C(=O)NC1CCCCC1. The summed E-state index contributed by atoms with van der Waals surface area (Å²) in [5, 5.41) is 10.5. The molecule has 27 heavy (non-hydrogen) atoms. The highest BCUT2D eigenvalue weighted by molar-refractivity contribution is 5.93. The molecule has 0 radical (unpaired) electrons. The molecule has 0 saturated heterocycles. The number of hydrogen-bond donors (Lipinski definition) is 2. The van der Waals surface area contributed by atoms with Crippen molar-refractivity contribution in [1.29, 1.82) is 0 Å². The van der Waals surface area contributed by atoms with Crippen LogP contribution in [0.4, 0.5) is 10.6 Å². The van der Waals surface area contributed by atoms with Crippen LogP contribution < -0.4 is 10.6 Å². The molecule has 2 N–H and O–H groups in total. The maximum absolute atomic E-state index is 12.7. The van der Waals surface area contributed by atoms with E-state index in [1.54, 1.807) is 16.6 Å². The first-order valence-electron chi connectivity index (χ1n) is 9.99. The van der Waals surface area contributed by atoms with Gasteiger partial charge >= 0.3 is 6.03 Å². The number of nitrogens with zero attached hydrogens (tertiary/aromatic N) is 3. The Kier molecular flexibility index (Phi) is 6.89. The highest BCUT2D eigenvalue weighted by Gasteiger charge is 2.25. The summed E-state index contributed by atoms with van der Waals surface area (Å²) in [5.41, 5.74) is 0.820. The van der Waals surface area contributed by atoms with E-state index in [1.807, 2.05) is 19.9 Å². The van der Waals surface area contributed by atoms with Crippen molar-refractivity contribution >= 4 is 17.8 Å². The minimum Gasteiger partial charge on any atom is -0.335 e. The van der Waals surface area contributed by atoms with E-state index in [0.717, 1.165) is 31.4 Å². The van der Waals surface area contributed by atoms with E-state index in [1.165, 1.54) is 6.42 Å². The maximum atomic E-state index is 12.7. The van der Waals surface area contributed by atoms with Gasteiger partial charge < -0.3 is 15.5 Å². The van der Waals surface area contributed by atoms with Crippen LogP contribution >= 0.6 is 0 Å². The molecule has 1 heterocycles. The Bertz CT molecular complexity index is 654. The molecule has 2 rings (SSSR count). The summed E-state index contributed by atoms with van der Waals surface area (Å²) in [5.74, 6) is 0.423. The van der Waals surface area contributed by atoms with Crippen molar-refractivity contribution in [2.24, 2.45) is 7.05 Å². The number of rotatable bonds is 5. The first-order valence-corrected chi connectivity index (χ1v) is 9.99. The van der Waals surface area contributed by atoms with Gasteiger partial charge in [-0.05, 0) is 26.7 Å². The molecule has 1 saturated carbocycles. The van der Waals surface area contributed by atoms with Gasteiger partial charge in [0.15, 0.2) is 0 Å². The number of urea groups is 1. The first kappa shape index (κ1) is 21.3. The third-order valence-corrected chi connectivity index (χ3v) is 5.05. The number of carbonyl (C=O) groups is 2. The normalized spacial score (nSPS) is 15.7. The van der Waals surface area contributed by atoms with Crippen LogP contribution in [-0.2, 0) is 17.3 Å². The Morgan fingerprint density at radius 3 is 2.41 bits per heavy atom. The molecule has 0 atom stereocenters. The lowest BCUT2D eigenvalue weighted by molar-refractivity contribution is -0.117. The van der Waals surface area contributed by atoms with Gasteiger partial charge in [0.05, 0.1) is 5.69 Å². The fourth-order valence-corrected chi connectivity index (χ4v) is 3.28. The zero-order chi connectivity index (χ0) is 20.2. The Morgan fingerprint density at radius 1 is 1.26 bits per heavy atom. The molecule has 1 fully saturated rings. The number of hydrogen-bond acceptors (Lipinski definition) is 3. The Morgan fingerprint density at radius 2 is 1.89 bits per heavy atom. The summed E-state index contributed by atoms with van der Waals surface area (Å²) in [6.07, 6.45) is 5.60. The molecule has 0 aromatic carbocycles. The third kappa shape index (κ3) is 5.97. The van der Waals surface area contributed by atoms with Crippen molar-refractivity contribution in [2.75, 3.05) is 11.9 Å². The number of anilines is 1. The van der Waals surface area contributed by atoms with Gasteiger partial charge in [-0.2, -0.15) is 5.10 Å². The van der Waals surface area contributed by atoms with Crippen LogP contribution in [0, 0.1) is 0 Å². The van der Waals surface area contributed by atoms with Crippen molar-refractivity contribution < 1.29 is 9.59 Å². The first-order chi connectivity index (χ1) is 12.6. The van der Waals surface area contributed by atoms with Crippen LogP contribution in [0.1, 0.15) is 72.4 Å². The number of nitrogens with one attached hydrogen (secondary N) is 2. The summed E-state index contributed by atoms with van der Waals surface area (Å²) >= 11 is 0. The van der Waals surface area contributed by atoms with Gasteiger partial charge in [-0.25, -0.2) is 4.79 Å². The van der Waals surface area contributed by atoms with E-state index in [0.29, 0.717) is 5.82 Å². The minimum atomic E-state index is -0.217. The van der Waals surface area contributed by atoms with Crippen LogP contribution in [0.25, 0.3) is 0 Å². The Labute approximate surface area is 162 Å². The van der Waals surface area contributed by atoms with Crippen LogP contribution in [0.15, 0.2) is 6.07 Å². The highest BCUT2D eigenvalue weighted by Crippen LogP contribution is 2.23. The van der Waals surface area contributed by atoms with Crippen molar-refractivity contribution in [1.82, 2.24) is 20.0 Å². The van der Waals surface area contributed by atoms with E-state index in [9.17, 15) is 9.59 Å². The largest absolute Gasteiger partial charge is 0.335 e. The number of aromatic nitrogens is 2. The van der Waals surface area contributed by atoms with Gasteiger partial charge in [0.2, 0.25) is 5.91 Å². The van der Waals surface area contributed by atoms with Crippen LogP contribution in [0.2, 0.25) is 0 Å². The summed E-state index contributed by atoms with van der Waals surface area (Å²) in [4.78, 5) is 26.8. The Hall–Kier alpha value is -2.05. The zero-order valence-electron chi connectivity index (χ0n) is 17.6. The average Bonchev–Trinajstić information content (AvgIpc) is 2.94. The number of amides is 3. The fraction of sp³-hybridized carbons (Fsp3) is 0.750. The molecular formula is C20H35N5O2. The molecule has 3 amide bonds. The van der Waals surface area contributed by atoms with E-state index >= 15 is 0 Å². The standard InChI is InChI=1S/C20H35N5O2/c1-14(2)25(19(27)21-15-10-8-7-9-11-15)13-18(26)22-17-12-16(20(3,4)5)23-24(17)6/h12,14-15H,7-11,13H2,1-6H3,(H,21,27)(H,22,26). The summed E-state index contributed by atoms with van der Waals surface area (Å²) in [7, 11) is 1.81. The van der Waals surface area contributed by atoms with Gasteiger partial charge in [0, 0.05) is 30.6 Å². The molecule has 7 nitrogen and oxygen atoms in total. The van der Waals surface area contributed by atoms with E-state index in [2.05, 4.69) is 36.5 Å². The molecule has 1 aliphatic carbocycles. The summed E-state index contributed by atoms with van der Waals surface area (Å²) < 4.78 is 1.67. The molecule has 0 bridgehead atoms. The van der Waals surface area contributed by atoms with Gasteiger partial charge in [0.25, 0.3) is 0 Å². The van der Waals surface area contributed by atoms with Crippen LogP contribution in [-0.4, -0.2) is 45.2 Å². The number of carbonyl (C=O) groups excluding carboxylic acids is 2. The molecule has 1 aliphatic rings. The van der Waals surface area contributed by atoms with E-state index in [4.69, 9.17) is 0 Å². The molecule has 1 aromatic rings. The van der Waals surface area contributed by atoms with Crippen molar-refractivity contribution in [2.45, 2.75) is 84.2 Å². The van der Waals surface area contributed by atoms with Gasteiger partial charge in [-0.15, -0.1) is 0 Å². The van der Waals surface area contributed by atoms with Gasteiger partial charge in [-0.3, -0.25) is 9.48 Å². The maximum Gasteiger partial charge on any atom is 0.318 e. The highest BCUT2D eigenvalue weighted by atomic mass is 16.2. The Balaban J connectivity index is 1.98. The monoisotopic (exact) mass is 377 g/mol. The quantitative estimate of drug-likeness (QED) is 0.825. The summed E-state index contributed by atoms with van der Waals surface area (Å²) in [6, 6.07) is 1.89. The topological polar surface area (TPSA) is 79.3 Å². The zero-order valence-corrected chi connectivity index (χ0v) is 17.6. The molecule has 0 aliphatic heterocycles. The minimum absolute atomic E-state index is 0.0201. The molecule has 0 unspecified atom stereocenters. The molecule has 7 heteroatoms. The van der Waals surface area contributed by atoms with Crippen molar-refractivity contribution in [3.63, 3.8) is 0 Å². The molecule has 0 spiro atoms. The second-order valence-electron chi connectivity index (χ2n) is 8.84. The predicted molar refractivity (Wildman–Crippen MR) is 108 cm³/mol. The third-order valence-electron chi connectivity index (χ3n) is 5.05. The second-order valence-corrected chi connectivity index (χ2v) is 8.84. The van der Waals surface area contributed by atoms with Crippen molar-refractivity contribution in [3.05, 3.63) is 11.8 Å². The summed E-state index contributed by atoms with van der Waals surface area (Å²) in [6.45, 7) is 10.1. The van der Waals surface area contributed by atoms with Gasteiger partial charge in [-0.1, -0.05) is 40.0 Å². The van der Waals surface area contributed by atoms with E-state index < -0.39 is 0 Å². The van der Waals surface area contributed by atoms with Crippen LogP contribution in [0.5, 0.6) is 0 Å². The fourth-order valence-electron chi connectivity index (χ4n) is 3.28. The lowest BCUT2D eigenvalue weighted by atomic mass is 9.92. The molecular weight excluding hydrogens is 342 g/mol. The average molecular weight is 378 g/mol. The number of aryl methyl sites for hydroxylation is 1. The molecule has 152 valence electrons. The van der Waals surface area contributed by atoms with Crippen molar-refractivity contribution in [3.8, 4) is 0 Å². The second kappa shape index (κ2) is 8.76. The lowest BCUT2D eigenvalue weighted by Crippen LogP contribution is -2.50. The lowest BCUT2D eigenvalue weighted by Gasteiger charge is -2.30. The van der Waals surface area contributed by atoms with E-state index in [-0.39, 0.29) is 36.0 Å². The molecule has 1 aromatic heterocycles.